The monoisotopic (exact) mass is 287 g/mol. The van der Waals surface area contributed by atoms with Crippen LogP contribution in [0.25, 0.3) is 0 Å². The lowest BCUT2D eigenvalue weighted by Gasteiger charge is -2.12. The summed E-state index contributed by atoms with van der Waals surface area (Å²) in [6, 6.07) is 0. The van der Waals surface area contributed by atoms with E-state index in [2.05, 4.69) is 12.2 Å². The minimum Gasteiger partial charge on any atom is -0.316 e. The van der Waals surface area contributed by atoms with Gasteiger partial charge in [0.05, 0.1) is 0 Å². The van der Waals surface area contributed by atoms with Gasteiger partial charge in [-0.15, -0.1) is 11.6 Å². The lowest BCUT2D eigenvalue weighted by molar-refractivity contribution is 0.486. The summed E-state index contributed by atoms with van der Waals surface area (Å²) in [5.41, 5.74) is 0.486. The molecule has 114 valence electrons. The summed E-state index contributed by atoms with van der Waals surface area (Å²) in [4.78, 5) is 0. The zero-order valence-electron chi connectivity index (χ0n) is 13.0. The third-order valence-corrected chi connectivity index (χ3v) is 5.01. The summed E-state index contributed by atoms with van der Waals surface area (Å²) in [7, 11) is 0. The molecule has 0 radical (unpaired) electrons. The van der Waals surface area contributed by atoms with Gasteiger partial charge in [0.1, 0.15) is 0 Å². The van der Waals surface area contributed by atoms with Gasteiger partial charge >= 0.3 is 0 Å². The second-order valence-electron chi connectivity index (χ2n) is 6.49. The van der Waals surface area contributed by atoms with E-state index >= 15 is 0 Å². The standard InChI is InChI=1S/C17H34ClN/c1-2-3-4-5-6-7-8-9-10-11-14-19-16-17(15-18)12-13-17/h19H,2-16H2,1H3. The number of hydrogen-bond acceptors (Lipinski definition) is 1. The van der Waals surface area contributed by atoms with E-state index in [4.69, 9.17) is 11.6 Å². The fourth-order valence-corrected chi connectivity index (χ4v) is 2.99. The molecule has 0 saturated heterocycles. The normalized spacial score (nSPS) is 16.7. The Kier molecular flexibility index (Phi) is 9.99. The largest absolute Gasteiger partial charge is 0.316 e. The molecule has 0 aromatic carbocycles. The van der Waals surface area contributed by atoms with Gasteiger partial charge in [0.25, 0.3) is 0 Å². The molecule has 0 atom stereocenters. The maximum Gasteiger partial charge on any atom is 0.0292 e. The highest BCUT2D eigenvalue weighted by atomic mass is 35.5. The molecule has 1 aliphatic carbocycles. The molecular weight excluding hydrogens is 254 g/mol. The van der Waals surface area contributed by atoms with Crippen LogP contribution in [0.1, 0.15) is 84.0 Å². The molecule has 0 amide bonds. The van der Waals surface area contributed by atoms with Crippen LogP contribution in [0.3, 0.4) is 0 Å². The lowest BCUT2D eigenvalue weighted by Crippen LogP contribution is -2.25. The van der Waals surface area contributed by atoms with Gasteiger partial charge in [0.15, 0.2) is 0 Å². The molecule has 0 aromatic rings. The number of halogens is 1. The maximum absolute atomic E-state index is 5.96. The smallest absolute Gasteiger partial charge is 0.0292 e. The molecule has 2 heteroatoms. The van der Waals surface area contributed by atoms with E-state index in [1.54, 1.807) is 0 Å². The highest BCUT2D eigenvalue weighted by molar-refractivity contribution is 6.18. The van der Waals surface area contributed by atoms with Crippen molar-refractivity contribution in [3.8, 4) is 0 Å². The third-order valence-electron chi connectivity index (χ3n) is 4.45. The second-order valence-corrected chi connectivity index (χ2v) is 6.76. The number of unbranched alkanes of at least 4 members (excludes halogenated alkanes) is 9. The van der Waals surface area contributed by atoms with Crippen LogP contribution in [0.15, 0.2) is 0 Å². The van der Waals surface area contributed by atoms with Crippen LogP contribution >= 0.6 is 11.6 Å². The number of rotatable bonds is 14. The third kappa shape index (κ3) is 8.92. The predicted octanol–water partition coefficient (Wildman–Crippen LogP) is 5.52. The van der Waals surface area contributed by atoms with Gasteiger partial charge in [0, 0.05) is 12.4 Å². The highest BCUT2D eigenvalue weighted by Crippen LogP contribution is 2.45. The van der Waals surface area contributed by atoms with Gasteiger partial charge < -0.3 is 5.32 Å². The number of alkyl halides is 1. The van der Waals surface area contributed by atoms with Crippen molar-refractivity contribution in [1.82, 2.24) is 5.32 Å². The summed E-state index contributed by atoms with van der Waals surface area (Å²) in [5.74, 6) is 0.845. The van der Waals surface area contributed by atoms with E-state index in [0.717, 1.165) is 12.4 Å². The first-order valence-corrected chi connectivity index (χ1v) is 9.13. The Morgan fingerprint density at radius 2 is 1.37 bits per heavy atom. The Labute approximate surface area is 125 Å². The summed E-state index contributed by atoms with van der Waals surface area (Å²) < 4.78 is 0. The van der Waals surface area contributed by atoms with Crippen LogP contribution in [-0.2, 0) is 0 Å². The molecule has 0 heterocycles. The summed E-state index contributed by atoms with van der Waals surface area (Å²) in [5, 5.41) is 3.58. The van der Waals surface area contributed by atoms with Crippen LogP contribution < -0.4 is 5.32 Å². The van der Waals surface area contributed by atoms with Crippen LogP contribution in [0.5, 0.6) is 0 Å². The highest BCUT2D eigenvalue weighted by Gasteiger charge is 2.40. The van der Waals surface area contributed by atoms with Crippen molar-refractivity contribution in [3.63, 3.8) is 0 Å². The molecule has 0 spiro atoms. The van der Waals surface area contributed by atoms with Crippen molar-refractivity contribution in [3.05, 3.63) is 0 Å². The molecule has 0 aromatic heterocycles. The number of hydrogen-bond donors (Lipinski definition) is 1. The quantitative estimate of drug-likeness (QED) is 0.328. The van der Waals surface area contributed by atoms with E-state index in [0.29, 0.717) is 5.41 Å². The SMILES string of the molecule is CCCCCCCCCCCCNCC1(CCl)CC1. The Balaban J connectivity index is 1.70. The molecule has 1 fully saturated rings. The summed E-state index contributed by atoms with van der Waals surface area (Å²) >= 11 is 5.96. The van der Waals surface area contributed by atoms with Gasteiger partial charge in [0.2, 0.25) is 0 Å². The average Bonchev–Trinajstić information content (AvgIpc) is 3.21. The van der Waals surface area contributed by atoms with Crippen molar-refractivity contribution in [2.75, 3.05) is 19.0 Å². The van der Waals surface area contributed by atoms with Gasteiger partial charge in [-0.3, -0.25) is 0 Å². The first-order valence-electron chi connectivity index (χ1n) is 8.60. The van der Waals surface area contributed by atoms with E-state index in [9.17, 15) is 0 Å². The molecule has 1 aliphatic rings. The van der Waals surface area contributed by atoms with E-state index in [1.807, 2.05) is 0 Å². The van der Waals surface area contributed by atoms with Crippen molar-refractivity contribution >= 4 is 11.6 Å². The molecular formula is C17H34ClN. The van der Waals surface area contributed by atoms with Gasteiger partial charge in [-0.2, -0.15) is 0 Å². The fraction of sp³-hybridized carbons (Fsp3) is 1.00. The lowest BCUT2D eigenvalue weighted by atomic mass is 10.1. The van der Waals surface area contributed by atoms with E-state index < -0.39 is 0 Å². The first kappa shape index (κ1) is 17.3. The Morgan fingerprint density at radius 3 is 1.84 bits per heavy atom. The predicted molar refractivity (Wildman–Crippen MR) is 87.1 cm³/mol. The zero-order chi connectivity index (χ0) is 13.8. The van der Waals surface area contributed by atoms with E-state index in [1.165, 1.54) is 83.6 Å². The van der Waals surface area contributed by atoms with Gasteiger partial charge in [-0.05, 0) is 31.2 Å². The topological polar surface area (TPSA) is 12.0 Å². The molecule has 19 heavy (non-hydrogen) atoms. The summed E-state index contributed by atoms with van der Waals surface area (Å²) in [6.07, 6.45) is 16.9. The second kappa shape index (κ2) is 11.0. The molecule has 0 aliphatic heterocycles. The van der Waals surface area contributed by atoms with Crippen molar-refractivity contribution in [2.45, 2.75) is 84.0 Å². The van der Waals surface area contributed by atoms with Gasteiger partial charge in [-0.1, -0.05) is 64.7 Å². The molecule has 1 rings (SSSR count). The Hall–Kier alpha value is 0.250. The fourth-order valence-electron chi connectivity index (χ4n) is 2.63. The number of nitrogens with one attached hydrogen (secondary N) is 1. The Morgan fingerprint density at radius 1 is 0.842 bits per heavy atom. The van der Waals surface area contributed by atoms with Crippen LogP contribution in [0.2, 0.25) is 0 Å². The van der Waals surface area contributed by atoms with Crippen molar-refractivity contribution < 1.29 is 0 Å². The minimum absolute atomic E-state index is 0.486. The molecule has 0 unspecified atom stereocenters. The maximum atomic E-state index is 5.96. The van der Waals surface area contributed by atoms with Crippen LogP contribution in [-0.4, -0.2) is 19.0 Å². The minimum atomic E-state index is 0.486. The molecule has 1 N–H and O–H groups in total. The Bertz CT molecular complexity index is 201. The first-order chi connectivity index (χ1) is 9.33. The van der Waals surface area contributed by atoms with Crippen LogP contribution in [0.4, 0.5) is 0 Å². The molecule has 1 saturated carbocycles. The molecule has 1 nitrogen and oxygen atoms in total. The van der Waals surface area contributed by atoms with Gasteiger partial charge in [-0.25, -0.2) is 0 Å². The van der Waals surface area contributed by atoms with Crippen LogP contribution in [0, 0.1) is 5.41 Å². The summed E-state index contributed by atoms with van der Waals surface area (Å²) in [6.45, 7) is 4.62. The molecule has 0 bridgehead atoms. The average molecular weight is 288 g/mol. The van der Waals surface area contributed by atoms with Crippen molar-refractivity contribution in [2.24, 2.45) is 5.41 Å². The van der Waals surface area contributed by atoms with Crippen molar-refractivity contribution in [1.29, 1.82) is 0 Å². The van der Waals surface area contributed by atoms with E-state index in [-0.39, 0.29) is 0 Å². The zero-order valence-corrected chi connectivity index (χ0v) is 13.7.